The Kier molecular flexibility index (Phi) is 5.50. The van der Waals surface area contributed by atoms with Crippen molar-refractivity contribution in [3.63, 3.8) is 0 Å². The van der Waals surface area contributed by atoms with E-state index < -0.39 is 6.04 Å². The summed E-state index contributed by atoms with van der Waals surface area (Å²) in [5.41, 5.74) is 9.70. The highest BCUT2D eigenvalue weighted by atomic mass is 16.5. The van der Waals surface area contributed by atoms with Crippen molar-refractivity contribution in [1.29, 1.82) is 5.26 Å². The lowest BCUT2D eigenvalue weighted by atomic mass is 9.98. The first-order chi connectivity index (χ1) is 16.0. The number of nitriles is 1. The van der Waals surface area contributed by atoms with Crippen LogP contribution in [0.3, 0.4) is 0 Å². The normalized spacial score (nSPS) is 17.5. The number of ether oxygens (including phenoxy) is 2. The fraction of sp³-hybridized carbons (Fsp3) is 0.280. The Morgan fingerprint density at radius 2 is 1.91 bits per heavy atom. The van der Waals surface area contributed by atoms with Gasteiger partial charge >= 0.3 is 0 Å². The second kappa shape index (κ2) is 8.62. The zero-order chi connectivity index (χ0) is 22.9. The van der Waals surface area contributed by atoms with E-state index in [4.69, 9.17) is 15.2 Å². The van der Waals surface area contributed by atoms with Crippen molar-refractivity contribution in [2.45, 2.75) is 19.4 Å². The van der Waals surface area contributed by atoms with Crippen molar-refractivity contribution in [3.05, 3.63) is 65.0 Å². The summed E-state index contributed by atoms with van der Waals surface area (Å²) < 4.78 is 11.7. The molecule has 1 saturated heterocycles. The molecule has 1 unspecified atom stereocenters. The molecule has 3 aromatic rings. The smallest absolute Gasteiger partial charge is 0.224 e. The SMILES string of the molecule is Cc1nc(Oc2cc(C#N)ccc2-c2ccc3c(c2)CC(N)C3=O)cc(N2CCOCC2)n1. The molecule has 1 aliphatic heterocycles. The molecule has 166 valence electrons. The van der Waals surface area contributed by atoms with Crippen LogP contribution >= 0.6 is 0 Å². The zero-order valence-corrected chi connectivity index (χ0v) is 18.2. The molecule has 0 radical (unpaired) electrons. The highest BCUT2D eigenvalue weighted by Gasteiger charge is 2.28. The quantitative estimate of drug-likeness (QED) is 0.657. The molecule has 2 aromatic carbocycles. The van der Waals surface area contributed by atoms with Crippen LogP contribution in [0.2, 0.25) is 0 Å². The van der Waals surface area contributed by atoms with Gasteiger partial charge in [0.25, 0.3) is 0 Å². The first-order valence-electron chi connectivity index (χ1n) is 10.9. The van der Waals surface area contributed by atoms with Gasteiger partial charge in [-0.2, -0.15) is 10.2 Å². The lowest BCUT2D eigenvalue weighted by molar-refractivity contribution is 0.0974. The summed E-state index contributed by atoms with van der Waals surface area (Å²) in [5.74, 6) is 2.26. The number of aromatic nitrogens is 2. The van der Waals surface area contributed by atoms with Crippen molar-refractivity contribution in [2.75, 3.05) is 31.2 Å². The summed E-state index contributed by atoms with van der Waals surface area (Å²) >= 11 is 0. The van der Waals surface area contributed by atoms with Crippen molar-refractivity contribution in [1.82, 2.24) is 9.97 Å². The average Bonchev–Trinajstić information content (AvgIpc) is 3.12. The first-order valence-corrected chi connectivity index (χ1v) is 10.9. The minimum Gasteiger partial charge on any atom is -0.438 e. The number of nitrogens with zero attached hydrogens (tertiary/aromatic N) is 4. The molecule has 5 rings (SSSR count). The molecule has 2 N–H and O–H groups in total. The number of nitrogens with two attached hydrogens (primary N) is 1. The third kappa shape index (κ3) is 4.16. The standard InChI is InChI=1S/C25H23N5O3/c1-15-28-23(30-6-8-32-9-7-30)13-24(29-15)33-22-10-16(14-26)2-4-19(22)17-3-5-20-18(11-17)12-21(27)25(20)31/h2-5,10-11,13,21H,6-9,12,27H2,1H3. The monoisotopic (exact) mass is 441 g/mol. The summed E-state index contributed by atoms with van der Waals surface area (Å²) in [5, 5.41) is 9.43. The van der Waals surface area contributed by atoms with E-state index in [1.54, 1.807) is 12.1 Å². The van der Waals surface area contributed by atoms with Gasteiger partial charge in [-0.3, -0.25) is 4.79 Å². The number of morpholine rings is 1. The minimum atomic E-state index is -0.491. The number of ketones is 1. The highest BCUT2D eigenvalue weighted by molar-refractivity contribution is 6.04. The molecule has 0 saturated carbocycles. The van der Waals surface area contributed by atoms with Crippen molar-refractivity contribution >= 4 is 11.6 Å². The topological polar surface area (TPSA) is 114 Å². The number of carbonyl (C=O) groups is 1. The molecule has 8 heteroatoms. The summed E-state index contributed by atoms with van der Waals surface area (Å²) in [6.07, 6.45) is 0.516. The van der Waals surface area contributed by atoms with E-state index >= 15 is 0 Å². The molecule has 1 fully saturated rings. The maximum absolute atomic E-state index is 12.2. The molecule has 2 heterocycles. The number of rotatable bonds is 4. The highest BCUT2D eigenvalue weighted by Crippen LogP contribution is 2.36. The molecular formula is C25H23N5O3. The summed E-state index contributed by atoms with van der Waals surface area (Å²) in [6.45, 7) is 4.63. The van der Waals surface area contributed by atoms with E-state index in [0.29, 0.717) is 48.2 Å². The van der Waals surface area contributed by atoms with Crippen LogP contribution in [0.15, 0.2) is 42.5 Å². The first kappa shape index (κ1) is 21.1. The Balaban J connectivity index is 1.52. The molecule has 33 heavy (non-hydrogen) atoms. The number of anilines is 1. The molecule has 1 aromatic heterocycles. The summed E-state index contributed by atoms with van der Waals surface area (Å²) in [6, 6.07) is 14.4. The van der Waals surface area contributed by atoms with Gasteiger partial charge < -0.3 is 20.1 Å². The third-order valence-corrected chi connectivity index (χ3v) is 5.92. The molecule has 1 atom stereocenters. The lowest BCUT2D eigenvalue weighted by Gasteiger charge is -2.28. The second-order valence-corrected chi connectivity index (χ2v) is 8.18. The molecule has 0 spiro atoms. The number of hydrogen-bond acceptors (Lipinski definition) is 8. The van der Waals surface area contributed by atoms with Crippen LogP contribution < -0.4 is 15.4 Å². The Morgan fingerprint density at radius 1 is 1.12 bits per heavy atom. The van der Waals surface area contributed by atoms with Gasteiger partial charge in [0.2, 0.25) is 5.88 Å². The molecule has 1 aliphatic carbocycles. The predicted molar refractivity (Wildman–Crippen MR) is 122 cm³/mol. The maximum atomic E-state index is 12.2. The Morgan fingerprint density at radius 3 is 2.70 bits per heavy atom. The fourth-order valence-electron chi connectivity index (χ4n) is 4.26. The van der Waals surface area contributed by atoms with Crippen molar-refractivity contribution in [3.8, 4) is 28.8 Å². The van der Waals surface area contributed by atoms with Crippen LogP contribution in [0.1, 0.15) is 27.3 Å². The summed E-state index contributed by atoms with van der Waals surface area (Å²) in [4.78, 5) is 23.4. The largest absolute Gasteiger partial charge is 0.438 e. The number of carbonyl (C=O) groups excluding carboxylic acids is 1. The van der Waals surface area contributed by atoms with Crippen LogP contribution in [-0.4, -0.2) is 48.1 Å². The number of Topliss-reactive ketones (excluding diaryl/α,β-unsaturated/α-hetero) is 1. The van der Waals surface area contributed by atoms with Gasteiger partial charge in [0.1, 0.15) is 17.4 Å². The van der Waals surface area contributed by atoms with Crippen LogP contribution in [0.5, 0.6) is 11.6 Å². The molecular weight excluding hydrogens is 418 g/mol. The van der Waals surface area contributed by atoms with E-state index in [2.05, 4.69) is 20.9 Å². The van der Waals surface area contributed by atoms with E-state index in [1.165, 1.54) is 0 Å². The van der Waals surface area contributed by atoms with Gasteiger partial charge in [0, 0.05) is 30.3 Å². The molecule has 0 amide bonds. The molecule has 8 nitrogen and oxygen atoms in total. The zero-order valence-electron chi connectivity index (χ0n) is 18.2. The van der Waals surface area contributed by atoms with Gasteiger partial charge in [0.15, 0.2) is 5.78 Å². The number of hydrogen-bond donors (Lipinski definition) is 1. The van der Waals surface area contributed by atoms with Gasteiger partial charge in [-0.05, 0) is 42.7 Å². The van der Waals surface area contributed by atoms with Crippen molar-refractivity contribution in [2.24, 2.45) is 5.73 Å². The maximum Gasteiger partial charge on any atom is 0.224 e. The Bertz CT molecular complexity index is 1280. The number of benzene rings is 2. The van der Waals surface area contributed by atoms with Gasteiger partial charge in [-0.15, -0.1) is 0 Å². The number of aryl methyl sites for hydroxylation is 1. The fourth-order valence-corrected chi connectivity index (χ4v) is 4.26. The predicted octanol–water partition coefficient (Wildman–Crippen LogP) is 3.02. The van der Waals surface area contributed by atoms with E-state index in [1.807, 2.05) is 37.3 Å². The van der Waals surface area contributed by atoms with E-state index in [9.17, 15) is 10.1 Å². The van der Waals surface area contributed by atoms with Gasteiger partial charge in [-0.1, -0.05) is 18.2 Å². The third-order valence-electron chi connectivity index (χ3n) is 5.92. The van der Waals surface area contributed by atoms with Crippen LogP contribution in [0.25, 0.3) is 11.1 Å². The van der Waals surface area contributed by atoms with Gasteiger partial charge in [-0.25, -0.2) is 4.98 Å². The number of fused-ring (bicyclic) bond motifs is 1. The van der Waals surface area contributed by atoms with Crippen LogP contribution in [0, 0.1) is 18.3 Å². The van der Waals surface area contributed by atoms with Gasteiger partial charge in [0.05, 0.1) is 30.9 Å². The van der Waals surface area contributed by atoms with Crippen LogP contribution in [-0.2, 0) is 11.2 Å². The molecule has 0 bridgehead atoms. The molecule has 2 aliphatic rings. The second-order valence-electron chi connectivity index (χ2n) is 8.18. The van der Waals surface area contributed by atoms with E-state index in [-0.39, 0.29) is 5.78 Å². The average molecular weight is 441 g/mol. The van der Waals surface area contributed by atoms with E-state index in [0.717, 1.165) is 35.6 Å². The summed E-state index contributed by atoms with van der Waals surface area (Å²) in [7, 11) is 0. The Hall–Kier alpha value is -3.80. The Labute approximate surface area is 191 Å². The van der Waals surface area contributed by atoms with Crippen LogP contribution in [0.4, 0.5) is 5.82 Å². The lowest BCUT2D eigenvalue weighted by Crippen LogP contribution is -2.36. The van der Waals surface area contributed by atoms with Crippen molar-refractivity contribution < 1.29 is 14.3 Å². The minimum absolute atomic E-state index is 0.0278.